The van der Waals surface area contributed by atoms with Gasteiger partial charge < -0.3 is 19.0 Å². The number of methoxy groups -OCH3 is 1. The summed E-state index contributed by atoms with van der Waals surface area (Å²) in [5.74, 6) is 0.200. The number of carbonyl (C=O) groups excluding carboxylic acids is 1. The Labute approximate surface area is 139 Å². The number of carbonyl (C=O) groups is 1. The van der Waals surface area contributed by atoms with Crippen LogP contribution in [0.2, 0.25) is 0 Å². The summed E-state index contributed by atoms with van der Waals surface area (Å²) in [4.78, 5) is 12.4. The zero-order valence-corrected chi connectivity index (χ0v) is 13.6. The fourth-order valence-electron chi connectivity index (χ4n) is 2.68. The van der Waals surface area contributed by atoms with Crippen LogP contribution in [0.5, 0.6) is 0 Å². The predicted octanol–water partition coefficient (Wildman–Crippen LogP) is 3.11. The van der Waals surface area contributed by atoms with Crippen molar-refractivity contribution in [1.29, 1.82) is 0 Å². The number of ether oxygens (including phenoxy) is 1. The second kappa shape index (κ2) is 6.88. The van der Waals surface area contributed by atoms with Crippen molar-refractivity contribution in [2.75, 3.05) is 20.3 Å². The number of halogens is 1. The van der Waals surface area contributed by atoms with Crippen LogP contribution in [0.3, 0.4) is 0 Å². The molecule has 24 heavy (non-hydrogen) atoms. The molecule has 3 rings (SSSR count). The lowest BCUT2D eigenvalue weighted by atomic mass is 10.2. The Morgan fingerprint density at radius 1 is 1.33 bits per heavy atom. The molecule has 1 aromatic carbocycles. The lowest BCUT2D eigenvalue weighted by Crippen LogP contribution is -2.29. The van der Waals surface area contributed by atoms with Crippen molar-refractivity contribution >= 4 is 17.0 Å². The van der Waals surface area contributed by atoms with Crippen molar-refractivity contribution < 1.29 is 18.3 Å². The molecule has 0 atom stereocenters. The van der Waals surface area contributed by atoms with Crippen molar-refractivity contribution in [1.82, 2.24) is 9.88 Å². The van der Waals surface area contributed by atoms with Gasteiger partial charge in [0.1, 0.15) is 17.3 Å². The second-order valence-corrected chi connectivity index (χ2v) is 5.56. The number of benzene rings is 1. The van der Waals surface area contributed by atoms with E-state index in [-0.39, 0.29) is 18.3 Å². The molecule has 0 bridgehead atoms. The number of aryl methyl sites for hydroxylation is 1. The van der Waals surface area contributed by atoms with Crippen LogP contribution in [0.1, 0.15) is 21.8 Å². The summed E-state index contributed by atoms with van der Waals surface area (Å²) < 4.78 is 26.3. The Kier molecular flexibility index (Phi) is 4.66. The normalized spacial score (nSPS) is 11.1. The maximum absolute atomic E-state index is 14.0. The van der Waals surface area contributed by atoms with Crippen LogP contribution in [0, 0.1) is 12.7 Å². The molecule has 126 valence electrons. The number of nitrogens with one attached hydrogen (secondary N) is 1. The van der Waals surface area contributed by atoms with Crippen LogP contribution in [-0.2, 0) is 11.3 Å². The number of nitrogens with zero attached hydrogens (tertiary/aromatic N) is 1. The number of hydrogen-bond acceptors (Lipinski definition) is 3. The minimum atomic E-state index is -0.301. The van der Waals surface area contributed by atoms with Gasteiger partial charge in [-0.05, 0) is 13.0 Å². The molecular formula is C18H19FN2O3. The maximum Gasteiger partial charge on any atom is 0.268 e. The number of amides is 1. The average molecular weight is 330 g/mol. The van der Waals surface area contributed by atoms with E-state index in [9.17, 15) is 9.18 Å². The highest BCUT2D eigenvalue weighted by molar-refractivity contribution is 5.97. The van der Waals surface area contributed by atoms with E-state index in [1.54, 1.807) is 35.9 Å². The summed E-state index contributed by atoms with van der Waals surface area (Å²) >= 11 is 0. The van der Waals surface area contributed by atoms with E-state index in [1.807, 2.05) is 13.0 Å². The topological polar surface area (TPSA) is 56.4 Å². The molecule has 5 nitrogen and oxygen atoms in total. The van der Waals surface area contributed by atoms with E-state index in [0.717, 1.165) is 11.3 Å². The van der Waals surface area contributed by atoms with Crippen LogP contribution in [-0.4, -0.2) is 30.7 Å². The van der Waals surface area contributed by atoms with Crippen molar-refractivity contribution in [3.8, 4) is 0 Å². The van der Waals surface area contributed by atoms with Gasteiger partial charge in [-0.3, -0.25) is 4.79 Å². The molecule has 0 fully saturated rings. The Balaban J connectivity index is 1.98. The fraction of sp³-hybridized carbons (Fsp3) is 0.278. The van der Waals surface area contributed by atoms with Gasteiger partial charge in [0.15, 0.2) is 5.58 Å². The third-order valence-electron chi connectivity index (χ3n) is 3.82. The summed E-state index contributed by atoms with van der Waals surface area (Å²) in [6.45, 7) is 2.92. The van der Waals surface area contributed by atoms with Gasteiger partial charge >= 0.3 is 0 Å². The number of furan rings is 1. The summed E-state index contributed by atoms with van der Waals surface area (Å²) in [6.07, 6.45) is 0. The second-order valence-electron chi connectivity index (χ2n) is 5.56. The Bertz CT molecular complexity index is 866. The van der Waals surface area contributed by atoms with Crippen LogP contribution < -0.4 is 5.32 Å². The molecule has 0 spiro atoms. The Hall–Kier alpha value is -2.60. The third kappa shape index (κ3) is 3.19. The van der Waals surface area contributed by atoms with Crippen molar-refractivity contribution in [2.45, 2.75) is 13.5 Å². The molecule has 0 radical (unpaired) electrons. The van der Waals surface area contributed by atoms with Gasteiger partial charge in [0.2, 0.25) is 0 Å². The standard InChI is InChI=1S/C18H19FN2O3/c1-12-9-15-17(24-12)10-16(18(22)20-7-8-23-2)21(15)11-13-5-3-4-6-14(13)19/h3-6,9-10H,7-8,11H2,1-2H3,(H,20,22). The minimum Gasteiger partial charge on any atom is -0.460 e. The monoisotopic (exact) mass is 330 g/mol. The number of aromatic nitrogens is 1. The largest absolute Gasteiger partial charge is 0.460 e. The van der Waals surface area contributed by atoms with Gasteiger partial charge in [0.05, 0.1) is 18.7 Å². The molecule has 0 saturated heterocycles. The van der Waals surface area contributed by atoms with E-state index in [1.165, 1.54) is 6.07 Å². The third-order valence-corrected chi connectivity index (χ3v) is 3.82. The Morgan fingerprint density at radius 3 is 2.88 bits per heavy atom. The molecule has 3 aromatic rings. The molecule has 1 amide bonds. The molecule has 0 aliphatic rings. The summed E-state index contributed by atoms with van der Waals surface area (Å²) in [5, 5.41) is 2.79. The average Bonchev–Trinajstić information content (AvgIpc) is 3.07. The number of rotatable bonds is 6. The van der Waals surface area contributed by atoms with Crippen molar-refractivity contribution in [3.63, 3.8) is 0 Å². The van der Waals surface area contributed by atoms with Crippen LogP contribution in [0.15, 0.2) is 40.8 Å². The molecule has 0 aliphatic carbocycles. The SMILES string of the molecule is COCCNC(=O)c1cc2oc(C)cc2n1Cc1ccccc1F. The first-order valence-electron chi connectivity index (χ1n) is 7.70. The highest BCUT2D eigenvalue weighted by Gasteiger charge is 2.19. The zero-order chi connectivity index (χ0) is 17.1. The van der Waals surface area contributed by atoms with Crippen molar-refractivity contribution in [3.05, 3.63) is 59.2 Å². The van der Waals surface area contributed by atoms with E-state index >= 15 is 0 Å². The molecular weight excluding hydrogens is 311 g/mol. The molecule has 6 heteroatoms. The van der Waals surface area contributed by atoms with Gasteiger partial charge in [-0.2, -0.15) is 0 Å². The first-order valence-corrected chi connectivity index (χ1v) is 7.70. The summed E-state index contributed by atoms with van der Waals surface area (Å²) in [7, 11) is 1.57. The predicted molar refractivity (Wildman–Crippen MR) is 88.7 cm³/mol. The van der Waals surface area contributed by atoms with E-state index in [2.05, 4.69) is 5.32 Å². The molecule has 2 aromatic heterocycles. The first kappa shape index (κ1) is 16.3. The van der Waals surface area contributed by atoms with E-state index < -0.39 is 0 Å². The molecule has 0 saturated carbocycles. The van der Waals surface area contributed by atoms with Crippen molar-refractivity contribution in [2.24, 2.45) is 0 Å². The lowest BCUT2D eigenvalue weighted by Gasteiger charge is -2.11. The van der Waals surface area contributed by atoms with Gasteiger partial charge in [-0.25, -0.2) is 4.39 Å². The molecule has 1 N–H and O–H groups in total. The molecule has 0 unspecified atom stereocenters. The Morgan fingerprint density at radius 2 is 2.12 bits per heavy atom. The number of hydrogen-bond donors (Lipinski definition) is 1. The highest BCUT2D eigenvalue weighted by atomic mass is 19.1. The smallest absolute Gasteiger partial charge is 0.268 e. The highest BCUT2D eigenvalue weighted by Crippen LogP contribution is 2.25. The van der Waals surface area contributed by atoms with Crippen LogP contribution in [0.25, 0.3) is 11.1 Å². The summed E-state index contributed by atoms with van der Waals surface area (Å²) in [6, 6.07) is 10.1. The zero-order valence-electron chi connectivity index (χ0n) is 13.6. The number of fused-ring (bicyclic) bond motifs is 1. The van der Waals surface area contributed by atoms with Gasteiger partial charge in [-0.1, -0.05) is 18.2 Å². The van der Waals surface area contributed by atoms with E-state index in [0.29, 0.717) is 30.0 Å². The minimum absolute atomic E-state index is 0.243. The summed E-state index contributed by atoms with van der Waals surface area (Å²) in [5.41, 5.74) is 2.33. The van der Waals surface area contributed by atoms with Gasteiger partial charge in [-0.15, -0.1) is 0 Å². The quantitative estimate of drug-likeness (QED) is 0.707. The van der Waals surface area contributed by atoms with Crippen LogP contribution in [0.4, 0.5) is 4.39 Å². The lowest BCUT2D eigenvalue weighted by molar-refractivity contribution is 0.0928. The molecule has 0 aliphatic heterocycles. The van der Waals surface area contributed by atoms with Gasteiger partial charge in [0.25, 0.3) is 5.91 Å². The van der Waals surface area contributed by atoms with E-state index in [4.69, 9.17) is 9.15 Å². The first-order chi connectivity index (χ1) is 11.6. The maximum atomic E-state index is 14.0. The fourth-order valence-corrected chi connectivity index (χ4v) is 2.68. The van der Waals surface area contributed by atoms with Gasteiger partial charge in [0, 0.05) is 31.4 Å². The van der Waals surface area contributed by atoms with Crippen LogP contribution >= 0.6 is 0 Å². The molecule has 2 heterocycles.